The lowest BCUT2D eigenvalue weighted by Crippen LogP contribution is -2.23. The van der Waals surface area contributed by atoms with Gasteiger partial charge in [-0.15, -0.1) is 0 Å². The fraction of sp³-hybridized carbons (Fsp3) is 0.500. The Bertz CT molecular complexity index is 572. The molecule has 1 unspecified atom stereocenters. The monoisotopic (exact) mass is 285 g/mol. The molecule has 0 amide bonds. The summed E-state index contributed by atoms with van der Waals surface area (Å²) in [6.45, 7) is 10.6. The third-order valence-electron chi connectivity index (χ3n) is 3.89. The molecule has 0 aliphatic rings. The van der Waals surface area contributed by atoms with Crippen molar-refractivity contribution in [3.8, 4) is 0 Å². The maximum Gasteiger partial charge on any atom is 0.0537 e. The highest BCUT2D eigenvalue weighted by molar-refractivity contribution is 5.32. The van der Waals surface area contributed by atoms with Gasteiger partial charge in [0.2, 0.25) is 0 Å². The van der Waals surface area contributed by atoms with Crippen molar-refractivity contribution < 1.29 is 0 Å². The Labute approximate surface area is 128 Å². The van der Waals surface area contributed by atoms with E-state index in [-0.39, 0.29) is 0 Å². The third kappa shape index (κ3) is 4.18. The lowest BCUT2D eigenvalue weighted by molar-refractivity contribution is 0.545. The molecule has 0 saturated heterocycles. The Balaban J connectivity index is 2.19. The van der Waals surface area contributed by atoms with Crippen molar-refractivity contribution in [2.24, 2.45) is 0 Å². The van der Waals surface area contributed by atoms with Gasteiger partial charge in [0.1, 0.15) is 0 Å². The van der Waals surface area contributed by atoms with E-state index < -0.39 is 0 Å². The Kier molecular flexibility index (Phi) is 5.57. The first-order valence-electron chi connectivity index (χ1n) is 7.95. The van der Waals surface area contributed by atoms with Gasteiger partial charge >= 0.3 is 0 Å². The van der Waals surface area contributed by atoms with Gasteiger partial charge in [-0.25, -0.2) is 0 Å². The molecule has 3 heteroatoms. The van der Waals surface area contributed by atoms with Crippen LogP contribution in [0, 0.1) is 13.8 Å². The summed E-state index contributed by atoms with van der Waals surface area (Å²) < 4.78 is 2.04. The van der Waals surface area contributed by atoms with Gasteiger partial charge in [-0.1, -0.05) is 37.6 Å². The first kappa shape index (κ1) is 15.8. The van der Waals surface area contributed by atoms with E-state index in [0.717, 1.165) is 25.9 Å². The van der Waals surface area contributed by atoms with Crippen molar-refractivity contribution in [3.63, 3.8) is 0 Å². The number of aromatic nitrogens is 2. The van der Waals surface area contributed by atoms with Crippen molar-refractivity contribution in [2.75, 3.05) is 6.54 Å². The quantitative estimate of drug-likeness (QED) is 0.838. The number of likely N-dealkylation sites (N-methyl/N-ethyl adjacent to an activating group) is 1. The summed E-state index contributed by atoms with van der Waals surface area (Å²) in [5, 5.41) is 8.06. The number of aryl methyl sites for hydroxylation is 3. The second-order valence-corrected chi connectivity index (χ2v) is 5.78. The number of hydrogen-bond donors (Lipinski definition) is 1. The molecule has 0 bridgehead atoms. The van der Waals surface area contributed by atoms with Crippen LogP contribution >= 0.6 is 0 Å². The SMILES string of the molecule is CCCn1cc(C(Cc2cc(C)ccc2C)NCC)cn1. The lowest BCUT2D eigenvalue weighted by Gasteiger charge is -2.18. The lowest BCUT2D eigenvalue weighted by atomic mass is 9.96. The predicted molar refractivity (Wildman–Crippen MR) is 88.6 cm³/mol. The largest absolute Gasteiger partial charge is 0.310 e. The minimum atomic E-state index is 0.334. The summed E-state index contributed by atoms with van der Waals surface area (Å²) in [5.41, 5.74) is 5.40. The van der Waals surface area contributed by atoms with E-state index >= 15 is 0 Å². The fourth-order valence-electron chi connectivity index (χ4n) is 2.71. The van der Waals surface area contributed by atoms with Gasteiger partial charge in [0, 0.05) is 24.3 Å². The topological polar surface area (TPSA) is 29.9 Å². The molecule has 0 fully saturated rings. The van der Waals surface area contributed by atoms with Crippen molar-refractivity contribution in [1.29, 1.82) is 0 Å². The van der Waals surface area contributed by atoms with Gasteiger partial charge in [0.25, 0.3) is 0 Å². The van der Waals surface area contributed by atoms with Crippen molar-refractivity contribution >= 4 is 0 Å². The molecule has 2 aromatic rings. The molecule has 1 heterocycles. The summed E-state index contributed by atoms with van der Waals surface area (Å²) in [5.74, 6) is 0. The highest BCUT2D eigenvalue weighted by Crippen LogP contribution is 2.21. The van der Waals surface area contributed by atoms with E-state index in [1.165, 1.54) is 22.3 Å². The summed E-state index contributed by atoms with van der Waals surface area (Å²) in [6.07, 6.45) is 6.32. The van der Waals surface area contributed by atoms with Crippen LogP contribution < -0.4 is 5.32 Å². The van der Waals surface area contributed by atoms with Crippen LogP contribution in [0.25, 0.3) is 0 Å². The van der Waals surface area contributed by atoms with E-state index in [1.54, 1.807) is 0 Å². The molecule has 0 spiro atoms. The molecule has 21 heavy (non-hydrogen) atoms. The molecule has 0 aliphatic heterocycles. The van der Waals surface area contributed by atoms with Gasteiger partial charge in [-0.05, 0) is 44.4 Å². The highest BCUT2D eigenvalue weighted by atomic mass is 15.3. The number of hydrogen-bond acceptors (Lipinski definition) is 2. The zero-order valence-electron chi connectivity index (χ0n) is 13.7. The Morgan fingerprint density at radius 1 is 1.24 bits per heavy atom. The van der Waals surface area contributed by atoms with E-state index in [4.69, 9.17) is 0 Å². The second kappa shape index (κ2) is 7.41. The van der Waals surface area contributed by atoms with E-state index in [2.05, 4.69) is 62.5 Å². The standard InChI is InChI=1S/C18H27N3/c1-5-9-21-13-17(12-20-21)18(19-6-2)11-16-10-14(3)7-8-15(16)4/h7-8,10,12-13,18-19H,5-6,9,11H2,1-4H3. The smallest absolute Gasteiger partial charge is 0.0537 e. The first-order chi connectivity index (χ1) is 10.1. The van der Waals surface area contributed by atoms with Crippen molar-refractivity contribution in [3.05, 3.63) is 52.8 Å². The molecule has 1 aromatic carbocycles. The van der Waals surface area contributed by atoms with Crippen LogP contribution in [0.3, 0.4) is 0 Å². The molecule has 3 nitrogen and oxygen atoms in total. The Morgan fingerprint density at radius 2 is 2.05 bits per heavy atom. The summed E-state index contributed by atoms with van der Waals surface area (Å²) in [7, 11) is 0. The predicted octanol–water partition coefficient (Wildman–Crippen LogP) is 3.80. The molecule has 0 saturated carbocycles. The van der Waals surface area contributed by atoms with Crippen molar-refractivity contribution in [1.82, 2.24) is 15.1 Å². The molecular formula is C18H27N3. The number of nitrogens with zero attached hydrogens (tertiary/aromatic N) is 2. The van der Waals surface area contributed by atoms with Gasteiger partial charge in [-0.2, -0.15) is 5.10 Å². The zero-order valence-corrected chi connectivity index (χ0v) is 13.7. The first-order valence-corrected chi connectivity index (χ1v) is 7.95. The average Bonchev–Trinajstić information content (AvgIpc) is 2.91. The van der Waals surface area contributed by atoms with Crippen LogP contribution in [0.1, 0.15) is 48.6 Å². The van der Waals surface area contributed by atoms with Crippen LogP contribution in [0.4, 0.5) is 0 Å². The highest BCUT2D eigenvalue weighted by Gasteiger charge is 2.14. The Morgan fingerprint density at radius 3 is 2.76 bits per heavy atom. The van der Waals surface area contributed by atoms with E-state index in [1.807, 2.05) is 10.9 Å². The minimum Gasteiger partial charge on any atom is -0.310 e. The fourth-order valence-corrected chi connectivity index (χ4v) is 2.71. The van der Waals surface area contributed by atoms with Gasteiger partial charge in [0.05, 0.1) is 6.20 Å². The zero-order chi connectivity index (χ0) is 15.2. The van der Waals surface area contributed by atoms with Gasteiger partial charge < -0.3 is 5.32 Å². The maximum atomic E-state index is 4.47. The number of benzene rings is 1. The van der Waals surface area contributed by atoms with Crippen LogP contribution in [0.15, 0.2) is 30.6 Å². The maximum absolute atomic E-state index is 4.47. The summed E-state index contributed by atoms with van der Waals surface area (Å²) in [6, 6.07) is 7.03. The number of nitrogens with one attached hydrogen (secondary N) is 1. The van der Waals surface area contributed by atoms with Crippen molar-refractivity contribution in [2.45, 2.75) is 53.1 Å². The van der Waals surface area contributed by atoms with Crippen LogP contribution in [0.5, 0.6) is 0 Å². The normalized spacial score (nSPS) is 12.6. The van der Waals surface area contributed by atoms with Crippen LogP contribution in [-0.2, 0) is 13.0 Å². The van der Waals surface area contributed by atoms with Gasteiger partial charge in [-0.3, -0.25) is 4.68 Å². The van der Waals surface area contributed by atoms with E-state index in [9.17, 15) is 0 Å². The molecule has 1 atom stereocenters. The molecular weight excluding hydrogens is 258 g/mol. The summed E-state index contributed by atoms with van der Waals surface area (Å²) in [4.78, 5) is 0. The van der Waals surface area contributed by atoms with E-state index in [0.29, 0.717) is 6.04 Å². The van der Waals surface area contributed by atoms with Gasteiger partial charge in [0.15, 0.2) is 0 Å². The molecule has 0 aliphatic carbocycles. The second-order valence-electron chi connectivity index (χ2n) is 5.78. The summed E-state index contributed by atoms with van der Waals surface area (Å²) >= 11 is 0. The number of rotatable bonds is 7. The molecule has 1 N–H and O–H groups in total. The van der Waals surface area contributed by atoms with Crippen LogP contribution in [-0.4, -0.2) is 16.3 Å². The molecule has 114 valence electrons. The molecule has 0 radical (unpaired) electrons. The third-order valence-corrected chi connectivity index (χ3v) is 3.89. The average molecular weight is 285 g/mol. The van der Waals surface area contributed by atoms with Crippen LogP contribution in [0.2, 0.25) is 0 Å². The molecule has 2 rings (SSSR count). The minimum absolute atomic E-state index is 0.334. The Hall–Kier alpha value is -1.61. The molecule has 1 aromatic heterocycles.